The van der Waals surface area contributed by atoms with Gasteiger partial charge in [-0.3, -0.25) is 4.79 Å². The van der Waals surface area contributed by atoms with Crippen LogP contribution in [0, 0.1) is 17.0 Å². The Morgan fingerprint density at radius 1 is 1.21 bits per heavy atom. The van der Waals surface area contributed by atoms with E-state index >= 15 is 0 Å². The number of hydrogen-bond donors (Lipinski definition) is 1. The Bertz CT molecular complexity index is 866. The first kappa shape index (κ1) is 18.9. The van der Waals surface area contributed by atoms with E-state index in [0.29, 0.717) is 12.8 Å². The number of nitrogens with zero attached hydrogens (tertiary/aromatic N) is 1. The maximum atomic E-state index is 14.1. The summed E-state index contributed by atoms with van der Waals surface area (Å²) < 4.78 is 32.9. The Morgan fingerprint density at radius 3 is 2.50 bits per heavy atom. The highest BCUT2D eigenvalue weighted by molar-refractivity contribution is 5.95. The van der Waals surface area contributed by atoms with Crippen molar-refractivity contribution in [3.05, 3.63) is 65.2 Å². The van der Waals surface area contributed by atoms with E-state index in [1.165, 1.54) is 7.11 Å². The minimum Gasteiger partial charge on any atom is -0.491 e. The van der Waals surface area contributed by atoms with Gasteiger partial charge in [-0.2, -0.15) is 0 Å². The third-order valence-corrected chi connectivity index (χ3v) is 6.25. The molecular formula is C22H23F2NO3. The lowest BCUT2D eigenvalue weighted by Crippen LogP contribution is -2.44. The number of carbonyl (C=O) groups is 1. The summed E-state index contributed by atoms with van der Waals surface area (Å²) in [4.78, 5) is 14.9. The van der Waals surface area contributed by atoms with Crippen molar-refractivity contribution in [3.8, 4) is 5.75 Å². The van der Waals surface area contributed by atoms with Crippen molar-refractivity contribution in [2.24, 2.45) is 5.41 Å². The highest BCUT2D eigenvalue weighted by atomic mass is 19.1. The molecule has 2 bridgehead atoms. The number of fused-ring (bicyclic) bond motifs is 2. The van der Waals surface area contributed by atoms with Gasteiger partial charge in [0.2, 0.25) is 0 Å². The third kappa shape index (κ3) is 2.96. The molecular weight excluding hydrogens is 364 g/mol. The highest BCUT2D eigenvalue weighted by Crippen LogP contribution is 2.51. The third-order valence-electron chi connectivity index (χ3n) is 6.25. The Morgan fingerprint density at radius 2 is 1.89 bits per heavy atom. The van der Waals surface area contributed by atoms with Gasteiger partial charge in [0.05, 0.1) is 13.7 Å². The first-order valence-corrected chi connectivity index (χ1v) is 9.49. The van der Waals surface area contributed by atoms with Crippen LogP contribution in [-0.2, 0) is 6.42 Å². The van der Waals surface area contributed by atoms with Crippen molar-refractivity contribution >= 4 is 5.91 Å². The molecule has 0 aliphatic carbocycles. The van der Waals surface area contributed by atoms with Gasteiger partial charge in [0, 0.05) is 23.1 Å². The molecule has 2 heterocycles. The first-order valence-electron chi connectivity index (χ1n) is 9.49. The zero-order valence-electron chi connectivity index (χ0n) is 15.7. The second kappa shape index (κ2) is 7.17. The zero-order chi connectivity index (χ0) is 19.9. The van der Waals surface area contributed by atoms with Crippen LogP contribution in [0.2, 0.25) is 0 Å². The number of halogens is 2. The van der Waals surface area contributed by atoms with Crippen LogP contribution in [0.3, 0.4) is 0 Å². The molecule has 0 saturated carbocycles. The van der Waals surface area contributed by atoms with Crippen molar-refractivity contribution in [2.45, 2.75) is 37.8 Å². The van der Waals surface area contributed by atoms with Gasteiger partial charge in [-0.05, 0) is 43.4 Å². The van der Waals surface area contributed by atoms with Gasteiger partial charge in [-0.1, -0.05) is 30.3 Å². The van der Waals surface area contributed by atoms with Gasteiger partial charge in [-0.25, -0.2) is 8.78 Å². The molecule has 148 valence electrons. The summed E-state index contributed by atoms with van der Waals surface area (Å²) in [5.41, 5.74) is 0.655. The van der Waals surface area contributed by atoms with Crippen molar-refractivity contribution in [1.82, 2.24) is 4.90 Å². The van der Waals surface area contributed by atoms with Crippen LogP contribution in [0.4, 0.5) is 8.78 Å². The molecule has 1 N–H and O–H groups in total. The summed E-state index contributed by atoms with van der Waals surface area (Å²) >= 11 is 0. The molecule has 0 radical (unpaired) electrons. The van der Waals surface area contributed by atoms with E-state index in [1.807, 2.05) is 30.3 Å². The van der Waals surface area contributed by atoms with Crippen LogP contribution < -0.4 is 4.74 Å². The average Bonchev–Trinajstić information content (AvgIpc) is 3.24. The molecule has 1 amide bonds. The van der Waals surface area contributed by atoms with Gasteiger partial charge >= 0.3 is 0 Å². The first-order chi connectivity index (χ1) is 13.5. The number of hydrogen-bond acceptors (Lipinski definition) is 3. The minimum atomic E-state index is -0.893. The topological polar surface area (TPSA) is 49.8 Å². The summed E-state index contributed by atoms with van der Waals surface area (Å²) in [5, 5.41) is 10.3. The Hall–Kier alpha value is -2.47. The average molecular weight is 387 g/mol. The predicted molar refractivity (Wildman–Crippen MR) is 100 cm³/mol. The van der Waals surface area contributed by atoms with Gasteiger partial charge < -0.3 is 14.7 Å². The molecule has 6 heteroatoms. The maximum absolute atomic E-state index is 14.1. The summed E-state index contributed by atoms with van der Waals surface area (Å²) in [6.45, 7) is -0.0296. The largest absolute Gasteiger partial charge is 0.491 e. The van der Waals surface area contributed by atoms with Gasteiger partial charge in [0.1, 0.15) is 0 Å². The van der Waals surface area contributed by atoms with E-state index in [1.54, 1.807) is 4.90 Å². The van der Waals surface area contributed by atoms with E-state index in [2.05, 4.69) is 0 Å². The maximum Gasteiger partial charge on any atom is 0.254 e. The number of ether oxygens (including phenoxy) is 1. The summed E-state index contributed by atoms with van der Waals surface area (Å²) in [7, 11) is 1.18. The van der Waals surface area contributed by atoms with E-state index in [-0.39, 0.29) is 24.3 Å². The standard InChI is InChI=1S/C22H23F2NO3/c1-28-20-17(23)9-15(10-18(20)24)21(27)25-16-7-8-19(25)22(12-16,13-26)11-14-5-3-2-4-6-14/h2-6,9-10,16,19,26H,7-8,11-13H2,1H3/t16-,19+,22-/m0/s1. The second-order valence-corrected chi connectivity index (χ2v) is 7.82. The van der Waals surface area contributed by atoms with Crippen molar-refractivity contribution in [3.63, 3.8) is 0 Å². The van der Waals surface area contributed by atoms with E-state index in [0.717, 1.165) is 30.5 Å². The number of carbonyl (C=O) groups excluding carboxylic acids is 1. The fourth-order valence-corrected chi connectivity index (χ4v) is 5.04. The number of amides is 1. The quantitative estimate of drug-likeness (QED) is 0.853. The Labute approximate surface area is 162 Å². The molecule has 2 aliphatic rings. The number of rotatable bonds is 5. The molecule has 2 aromatic rings. The number of aliphatic hydroxyl groups is 1. The van der Waals surface area contributed by atoms with Crippen molar-refractivity contribution in [1.29, 1.82) is 0 Å². The van der Waals surface area contributed by atoms with Crippen LogP contribution in [0.5, 0.6) is 5.75 Å². The summed E-state index contributed by atoms with van der Waals surface area (Å²) in [5.74, 6) is -2.67. The lowest BCUT2D eigenvalue weighted by atomic mass is 9.70. The number of methoxy groups -OCH3 is 1. The van der Waals surface area contributed by atoms with Crippen molar-refractivity contribution < 1.29 is 23.4 Å². The normalized spacial score (nSPS) is 25.9. The number of aliphatic hydroxyl groups excluding tert-OH is 1. The lowest BCUT2D eigenvalue weighted by Gasteiger charge is -2.36. The van der Waals surface area contributed by atoms with E-state index < -0.39 is 28.7 Å². The second-order valence-electron chi connectivity index (χ2n) is 7.82. The highest BCUT2D eigenvalue weighted by Gasteiger charge is 2.57. The van der Waals surface area contributed by atoms with Crippen LogP contribution >= 0.6 is 0 Å². The molecule has 3 atom stereocenters. The fourth-order valence-electron chi connectivity index (χ4n) is 5.04. The summed E-state index contributed by atoms with van der Waals surface area (Å²) in [6, 6.07) is 11.8. The van der Waals surface area contributed by atoms with Crippen LogP contribution in [0.25, 0.3) is 0 Å². The number of benzene rings is 2. The molecule has 4 nitrogen and oxygen atoms in total. The van der Waals surface area contributed by atoms with Crippen LogP contribution in [0.15, 0.2) is 42.5 Å². The Balaban J connectivity index is 1.64. The molecule has 0 aromatic heterocycles. The SMILES string of the molecule is COc1c(F)cc(C(=O)N2[C@H]3CC[C@@H]2[C@@](CO)(Cc2ccccc2)C3)cc1F. The van der Waals surface area contributed by atoms with Crippen molar-refractivity contribution in [2.75, 3.05) is 13.7 Å². The molecule has 2 fully saturated rings. The molecule has 4 rings (SSSR count). The molecule has 0 spiro atoms. The Kier molecular flexibility index (Phi) is 4.83. The predicted octanol–water partition coefficient (Wildman–Crippen LogP) is 3.57. The zero-order valence-corrected chi connectivity index (χ0v) is 15.7. The van der Waals surface area contributed by atoms with Gasteiger partial charge in [-0.15, -0.1) is 0 Å². The molecule has 2 saturated heterocycles. The van der Waals surface area contributed by atoms with Gasteiger partial charge in [0.25, 0.3) is 5.91 Å². The van der Waals surface area contributed by atoms with Crippen LogP contribution in [0.1, 0.15) is 35.2 Å². The van der Waals surface area contributed by atoms with E-state index in [9.17, 15) is 18.7 Å². The lowest BCUT2D eigenvalue weighted by molar-refractivity contribution is 0.0570. The summed E-state index contributed by atoms with van der Waals surface area (Å²) in [6.07, 6.45) is 2.98. The minimum absolute atomic E-state index is 0.0263. The fraction of sp³-hybridized carbons (Fsp3) is 0.409. The molecule has 28 heavy (non-hydrogen) atoms. The smallest absolute Gasteiger partial charge is 0.254 e. The van der Waals surface area contributed by atoms with Gasteiger partial charge in [0.15, 0.2) is 17.4 Å². The molecule has 2 aromatic carbocycles. The molecule has 0 unspecified atom stereocenters. The van der Waals surface area contributed by atoms with Crippen LogP contribution in [-0.4, -0.2) is 41.7 Å². The monoisotopic (exact) mass is 387 g/mol. The van der Waals surface area contributed by atoms with E-state index in [4.69, 9.17) is 4.74 Å². The molecule has 2 aliphatic heterocycles.